The van der Waals surface area contributed by atoms with Crippen LogP contribution in [-0.2, 0) is 6.18 Å². The number of likely N-dealkylation sites (tertiary alicyclic amines) is 1. The van der Waals surface area contributed by atoms with Crippen LogP contribution >= 0.6 is 23.2 Å². The molecule has 0 aliphatic carbocycles. The van der Waals surface area contributed by atoms with Gasteiger partial charge in [-0.2, -0.15) is 18.2 Å². The summed E-state index contributed by atoms with van der Waals surface area (Å²) >= 11 is 12.0. The summed E-state index contributed by atoms with van der Waals surface area (Å²) in [5, 5.41) is 0.651. The van der Waals surface area contributed by atoms with Crippen LogP contribution in [0.5, 0.6) is 6.01 Å². The summed E-state index contributed by atoms with van der Waals surface area (Å²) in [6.45, 7) is 0.659. The second-order valence-electron chi connectivity index (χ2n) is 5.98. The van der Waals surface area contributed by atoms with Crippen molar-refractivity contribution in [1.82, 2.24) is 14.9 Å². The first-order chi connectivity index (χ1) is 12.7. The van der Waals surface area contributed by atoms with Gasteiger partial charge >= 0.3 is 12.2 Å². The van der Waals surface area contributed by atoms with Gasteiger partial charge in [-0.3, -0.25) is 4.79 Å². The second-order valence-corrected chi connectivity index (χ2v) is 6.82. The van der Waals surface area contributed by atoms with Crippen molar-refractivity contribution < 1.29 is 22.7 Å². The molecular formula is C17H14Cl2F3N3O2. The number of ether oxygens (including phenoxy) is 1. The lowest BCUT2D eigenvalue weighted by molar-refractivity contribution is -0.141. The van der Waals surface area contributed by atoms with Crippen molar-refractivity contribution in [3.63, 3.8) is 0 Å². The van der Waals surface area contributed by atoms with Gasteiger partial charge in [0.05, 0.1) is 17.1 Å². The molecule has 2 heterocycles. The van der Waals surface area contributed by atoms with Gasteiger partial charge in [-0.15, -0.1) is 0 Å². The lowest BCUT2D eigenvalue weighted by Gasteiger charge is -2.32. The van der Waals surface area contributed by atoms with E-state index in [1.807, 2.05) is 0 Å². The lowest BCUT2D eigenvalue weighted by atomic mass is 10.1. The Hall–Kier alpha value is -2.06. The molecule has 0 spiro atoms. The Kier molecular flexibility index (Phi) is 5.76. The SMILES string of the molecule is O=C(c1cc(Cl)ccc1Cl)N1CCCC(Oc2nccc(C(F)(F)F)n2)C1. The molecule has 1 aromatic heterocycles. The summed E-state index contributed by atoms with van der Waals surface area (Å²) in [5.74, 6) is -0.319. The number of carbonyl (C=O) groups is 1. The molecule has 1 unspecified atom stereocenters. The predicted octanol–water partition coefficient (Wildman–Crippen LogP) is 4.49. The van der Waals surface area contributed by atoms with Gasteiger partial charge in [-0.25, -0.2) is 4.98 Å². The van der Waals surface area contributed by atoms with E-state index in [2.05, 4.69) is 9.97 Å². The van der Waals surface area contributed by atoms with Gasteiger partial charge in [0, 0.05) is 17.8 Å². The van der Waals surface area contributed by atoms with Gasteiger partial charge < -0.3 is 9.64 Å². The molecule has 0 bridgehead atoms. The molecule has 1 saturated heterocycles. The van der Waals surface area contributed by atoms with Crippen molar-refractivity contribution in [3.8, 4) is 6.01 Å². The van der Waals surface area contributed by atoms with E-state index >= 15 is 0 Å². The molecule has 10 heteroatoms. The normalized spacial score (nSPS) is 17.7. The minimum Gasteiger partial charge on any atom is -0.458 e. The zero-order valence-electron chi connectivity index (χ0n) is 13.8. The summed E-state index contributed by atoms with van der Waals surface area (Å²) in [4.78, 5) is 21.3. The fourth-order valence-corrected chi connectivity index (χ4v) is 3.13. The van der Waals surface area contributed by atoms with Crippen molar-refractivity contribution in [1.29, 1.82) is 0 Å². The van der Waals surface area contributed by atoms with E-state index in [0.717, 1.165) is 12.3 Å². The van der Waals surface area contributed by atoms with E-state index in [4.69, 9.17) is 27.9 Å². The Morgan fingerprint density at radius 1 is 1.26 bits per heavy atom. The zero-order valence-corrected chi connectivity index (χ0v) is 15.4. The van der Waals surface area contributed by atoms with E-state index < -0.39 is 18.0 Å². The summed E-state index contributed by atoms with van der Waals surface area (Å²) < 4.78 is 43.7. The van der Waals surface area contributed by atoms with E-state index in [0.29, 0.717) is 24.4 Å². The van der Waals surface area contributed by atoms with Crippen LogP contribution in [0.4, 0.5) is 13.2 Å². The number of piperidine rings is 1. The average Bonchev–Trinajstić information content (AvgIpc) is 2.63. The van der Waals surface area contributed by atoms with Crippen LogP contribution in [0.25, 0.3) is 0 Å². The fourth-order valence-electron chi connectivity index (χ4n) is 2.76. The molecule has 5 nitrogen and oxygen atoms in total. The highest BCUT2D eigenvalue weighted by Gasteiger charge is 2.33. The largest absolute Gasteiger partial charge is 0.458 e. The highest BCUT2D eigenvalue weighted by molar-refractivity contribution is 6.35. The van der Waals surface area contributed by atoms with Crippen LogP contribution in [0.15, 0.2) is 30.5 Å². The standard InChI is InChI=1S/C17H14Cl2F3N3O2/c18-10-3-4-13(19)12(8-10)15(26)25-7-1-2-11(9-25)27-16-23-6-5-14(24-16)17(20,21)22/h3-6,8,11H,1-2,7,9H2. The number of nitrogens with zero attached hydrogens (tertiary/aromatic N) is 3. The third kappa shape index (κ3) is 4.81. The van der Waals surface area contributed by atoms with Crippen molar-refractivity contribution in [3.05, 3.63) is 51.8 Å². The maximum atomic E-state index is 12.8. The molecule has 27 heavy (non-hydrogen) atoms. The maximum Gasteiger partial charge on any atom is 0.433 e. The van der Waals surface area contributed by atoms with Crippen LogP contribution in [0.2, 0.25) is 10.0 Å². The predicted molar refractivity (Wildman–Crippen MR) is 93.0 cm³/mol. The highest BCUT2D eigenvalue weighted by Crippen LogP contribution is 2.29. The first kappa shape index (κ1) is 19.7. The van der Waals surface area contributed by atoms with Gasteiger partial charge in [0.15, 0.2) is 5.69 Å². The number of halogens is 5. The van der Waals surface area contributed by atoms with Gasteiger partial charge in [0.2, 0.25) is 0 Å². The number of rotatable bonds is 3. The minimum absolute atomic E-state index is 0.182. The molecule has 3 rings (SSSR count). The molecule has 1 aromatic carbocycles. The molecule has 0 radical (unpaired) electrons. The van der Waals surface area contributed by atoms with E-state index in [9.17, 15) is 18.0 Å². The lowest BCUT2D eigenvalue weighted by Crippen LogP contribution is -2.44. The summed E-state index contributed by atoms with van der Waals surface area (Å²) in [5.41, 5.74) is -0.818. The van der Waals surface area contributed by atoms with Gasteiger partial charge in [-0.1, -0.05) is 23.2 Å². The van der Waals surface area contributed by atoms with Gasteiger partial charge in [0.25, 0.3) is 5.91 Å². The minimum atomic E-state index is -4.58. The molecule has 0 saturated carbocycles. The Labute approximate surface area is 163 Å². The summed E-state index contributed by atoms with van der Waals surface area (Å²) in [6, 6.07) is 4.99. The summed E-state index contributed by atoms with van der Waals surface area (Å²) in [6.07, 6.45) is -2.94. The molecule has 1 amide bonds. The molecular weight excluding hydrogens is 406 g/mol. The first-order valence-electron chi connectivity index (χ1n) is 8.05. The van der Waals surface area contributed by atoms with Gasteiger partial charge in [-0.05, 0) is 37.1 Å². The number of alkyl halides is 3. The highest BCUT2D eigenvalue weighted by atomic mass is 35.5. The van der Waals surface area contributed by atoms with E-state index in [1.165, 1.54) is 17.0 Å². The van der Waals surface area contributed by atoms with Gasteiger partial charge in [0.1, 0.15) is 6.10 Å². The molecule has 1 aliphatic rings. The van der Waals surface area contributed by atoms with Crippen LogP contribution in [0, 0.1) is 0 Å². The van der Waals surface area contributed by atoms with Crippen LogP contribution < -0.4 is 4.74 Å². The Bertz CT molecular complexity index is 848. The smallest absolute Gasteiger partial charge is 0.433 e. The number of aromatic nitrogens is 2. The molecule has 144 valence electrons. The second kappa shape index (κ2) is 7.90. The third-order valence-corrected chi connectivity index (χ3v) is 4.58. The van der Waals surface area contributed by atoms with Crippen LogP contribution in [-0.4, -0.2) is 40.0 Å². The van der Waals surface area contributed by atoms with E-state index in [1.54, 1.807) is 6.07 Å². The zero-order chi connectivity index (χ0) is 19.6. The number of hydrogen-bond donors (Lipinski definition) is 0. The summed E-state index contributed by atoms with van der Waals surface area (Å²) in [7, 11) is 0. The van der Waals surface area contributed by atoms with Crippen molar-refractivity contribution in [2.24, 2.45) is 0 Å². The number of carbonyl (C=O) groups excluding carboxylic acids is 1. The number of hydrogen-bond acceptors (Lipinski definition) is 4. The molecule has 1 fully saturated rings. The Morgan fingerprint density at radius 3 is 2.78 bits per heavy atom. The Morgan fingerprint density at radius 2 is 2.04 bits per heavy atom. The van der Waals surface area contributed by atoms with Crippen molar-refractivity contribution in [2.75, 3.05) is 13.1 Å². The molecule has 1 aliphatic heterocycles. The fraction of sp³-hybridized carbons (Fsp3) is 0.353. The van der Waals surface area contributed by atoms with E-state index in [-0.39, 0.29) is 29.0 Å². The van der Waals surface area contributed by atoms with Crippen molar-refractivity contribution in [2.45, 2.75) is 25.1 Å². The monoisotopic (exact) mass is 419 g/mol. The molecule has 0 N–H and O–H groups in total. The quantitative estimate of drug-likeness (QED) is 0.735. The topological polar surface area (TPSA) is 55.3 Å². The first-order valence-corrected chi connectivity index (χ1v) is 8.81. The number of benzene rings is 1. The third-order valence-electron chi connectivity index (χ3n) is 4.02. The van der Waals surface area contributed by atoms with Crippen LogP contribution in [0.3, 0.4) is 0 Å². The van der Waals surface area contributed by atoms with Crippen LogP contribution in [0.1, 0.15) is 28.9 Å². The Balaban J connectivity index is 1.71. The average molecular weight is 420 g/mol. The molecule has 2 aromatic rings. The maximum absolute atomic E-state index is 12.8. The number of amides is 1. The molecule has 1 atom stereocenters. The van der Waals surface area contributed by atoms with Crippen molar-refractivity contribution >= 4 is 29.1 Å².